The lowest BCUT2D eigenvalue weighted by Crippen LogP contribution is -2.45. The predicted octanol–water partition coefficient (Wildman–Crippen LogP) is 2.20. The highest BCUT2D eigenvalue weighted by atomic mass is 16.5. The van der Waals surface area contributed by atoms with E-state index in [-0.39, 0.29) is 0 Å². The zero-order chi connectivity index (χ0) is 12.1. The van der Waals surface area contributed by atoms with Crippen LogP contribution in [0.3, 0.4) is 0 Å². The van der Waals surface area contributed by atoms with Crippen LogP contribution in [0.5, 0.6) is 0 Å². The zero-order valence-electron chi connectivity index (χ0n) is 10.7. The van der Waals surface area contributed by atoms with Gasteiger partial charge in [-0.15, -0.1) is 0 Å². The highest BCUT2D eigenvalue weighted by Crippen LogP contribution is 2.20. The molecule has 1 heterocycles. The number of allylic oxidation sites excluding steroid dienone is 1. The van der Waals surface area contributed by atoms with Gasteiger partial charge in [-0.1, -0.05) is 13.8 Å². The third-order valence-corrected chi connectivity index (χ3v) is 3.09. The first-order valence-electron chi connectivity index (χ1n) is 5.97. The van der Waals surface area contributed by atoms with Gasteiger partial charge < -0.3 is 4.74 Å². The Bertz CT molecular complexity index is 289. The molecule has 1 rings (SSSR count). The summed E-state index contributed by atoms with van der Waals surface area (Å²) in [4.78, 5) is 2.43. The third kappa shape index (κ3) is 3.33. The summed E-state index contributed by atoms with van der Waals surface area (Å²) in [6, 6.07) is 3.03. The Balaban J connectivity index is 2.84. The van der Waals surface area contributed by atoms with E-state index < -0.39 is 0 Å². The average molecular weight is 222 g/mol. The van der Waals surface area contributed by atoms with Crippen molar-refractivity contribution in [1.29, 1.82) is 5.26 Å². The topological polar surface area (TPSA) is 36.3 Å². The van der Waals surface area contributed by atoms with Crippen LogP contribution < -0.4 is 0 Å². The molecule has 3 nitrogen and oxygen atoms in total. The Morgan fingerprint density at radius 3 is 2.62 bits per heavy atom. The summed E-state index contributed by atoms with van der Waals surface area (Å²) in [5.74, 6) is 0.573. The van der Waals surface area contributed by atoms with Crippen LogP contribution in [-0.2, 0) is 4.74 Å². The molecule has 1 atom stereocenters. The number of nitrogens with zero attached hydrogens (tertiary/aromatic N) is 2. The Hall–Kier alpha value is -0.850. The third-order valence-electron chi connectivity index (χ3n) is 3.09. The van der Waals surface area contributed by atoms with Crippen molar-refractivity contribution in [2.45, 2.75) is 39.8 Å². The molecular weight excluding hydrogens is 200 g/mol. The van der Waals surface area contributed by atoms with Crippen molar-refractivity contribution >= 4 is 0 Å². The molecule has 0 aromatic rings. The Kier molecular flexibility index (Phi) is 4.98. The van der Waals surface area contributed by atoms with E-state index in [0.717, 1.165) is 18.7 Å². The van der Waals surface area contributed by atoms with Crippen molar-refractivity contribution in [3.05, 3.63) is 11.6 Å². The molecule has 0 aliphatic carbocycles. The van der Waals surface area contributed by atoms with E-state index in [9.17, 15) is 0 Å². The fourth-order valence-corrected chi connectivity index (χ4v) is 2.12. The van der Waals surface area contributed by atoms with Crippen molar-refractivity contribution < 1.29 is 4.74 Å². The fourth-order valence-electron chi connectivity index (χ4n) is 2.12. The number of rotatable bonds is 2. The molecule has 0 aromatic carbocycles. The molecule has 1 aliphatic heterocycles. The molecule has 0 bridgehead atoms. The van der Waals surface area contributed by atoms with Gasteiger partial charge in [0.2, 0.25) is 0 Å². The van der Waals surface area contributed by atoms with Crippen molar-refractivity contribution in [2.75, 3.05) is 19.8 Å². The molecule has 90 valence electrons. The molecule has 1 aliphatic rings. The minimum absolute atomic E-state index is 0.449. The second-order valence-corrected chi connectivity index (χ2v) is 5.02. The lowest BCUT2D eigenvalue weighted by Gasteiger charge is -2.35. The maximum atomic E-state index is 8.71. The molecule has 0 N–H and O–H groups in total. The maximum absolute atomic E-state index is 8.71. The molecule has 0 saturated carbocycles. The van der Waals surface area contributed by atoms with Crippen molar-refractivity contribution in [3.8, 4) is 6.07 Å². The first-order valence-corrected chi connectivity index (χ1v) is 5.97. The van der Waals surface area contributed by atoms with Gasteiger partial charge in [-0.2, -0.15) is 5.26 Å². The minimum atomic E-state index is 0.449. The normalized spacial score (nSPS) is 26.1. The number of hydrogen-bond donors (Lipinski definition) is 0. The summed E-state index contributed by atoms with van der Waals surface area (Å²) in [6.45, 7) is 11.1. The molecule has 1 saturated heterocycles. The maximum Gasteiger partial charge on any atom is 0.0912 e. The summed E-state index contributed by atoms with van der Waals surface area (Å²) >= 11 is 0. The van der Waals surface area contributed by atoms with E-state index in [1.165, 1.54) is 0 Å². The molecule has 1 fully saturated rings. The molecule has 16 heavy (non-hydrogen) atoms. The van der Waals surface area contributed by atoms with Gasteiger partial charge >= 0.3 is 0 Å². The van der Waals surface area contributed by atoms with Crippen LogP contribution in [0.1, 0.15) is 27.7 Å². The zero-order valence-corrected chi connectivity index (χ0v) is 10.7. The molecular formula is C13H22N2O. The highest BCUT2D eigenvalue weighted by Gasteiger charge is 2.27. The van der Waals surface area contributed by atoms with E-state index in [1.807, 2.05) is 0 Å². The van der Waals surface area contributed by atoms with Gasteiger partial charge in [0.25, 0.3) is 0 Å². The van der Waals surface area contributed by atoms with E-state index in [2.05, 4.69) is 38.7 Å². The second kappa shape index (κ2) is 6.03. The van der Waals surface area contributed by atoms with Gasteiger partial charge in [0, 0.05) is 24.7 Å². The monoisotopic (exact) mass is 222 g/mol. The first-order chi connectivity index (χ1) is 7.56. The van der Waals surface area contributed by atoms with Crippen LogP contribution in [0, 0.1) is 17.2 Å². The SMILES string of the molecule is CC(C)C1COC/C(=C\C#N)CN1C(C)C. The summed E-state index contributed by atoms with van der Waals surface area (Å²) in [5.41, 5.74) is 1.08. The van der Waals surface area contributed by atoms with Gasteiger partial charge in [-0.05, 0) is 25.3 Å². The Morgan fingerprint density at radius 1 is 1.44 bits per heavy atom. The highest BCUT2D eigenvalue weighted by molar-refractivity contribution is 5.16. The van der Waals surface area contributed by atoms with E-state index >= 15 is 0 Å². The molecule has 0 aromatic heterocycles. The molecule has 0 amide bonds. The van der Waals surface area contributed by atoms with Crippen LogP contribution in [0.25, 0.3) is 0 Å². The summed E-state index contributed by atoms with van der Waals surface area (Å²) in [7, 11) is 0. The van der Waals surface area contributed by atoms with Crippen LogP contribution >= 0.6 is 0 Å². The van der Waals surface area contributed by atoms with Crippen LogP contribution in [0.15, 0.2) is 11.6 Å². The first kappa shape index (κ1) is 13.2. The van der Waals surface area contributed by atoms with Gasteiger partial charge in [0.05, 0.1) is 19.3 Å². The predicted molar refractivity (Wildman–Crippen MR) is 65.0 cm³/mol. The van der Waals surface area contributed by atoms with Crippen molar-refractivity contribution in [3.63, 3.8) is 0 Å². The van der Waals surface area contributed by atoms with Gasteiger partial charge in [-0.3, -0.25) is 4.90 Å². The molecule has 3 heteroatoms. The number of hydrogen-bond acceptors (Lipinski definition) is 3. The summed E-state index contributed by atoms with van der Waals surface area (Å²) in [6.07, 6.45) is 1.62. The smallest absolute Gasteiger partial charge is 0.0912 e. The summed E-state index contributed by atoms with van der Waals surface area (Å²) in [5, 5.41) is 8.71. The van der Waals surface area contributed by atoms with Gasteiger partial charge in [0.15, 0.2) is 0 Å². The lowest BCUT2D eigenvalue weighted by molar-refractivity contribution is 0.0631. The molecule has 0 radical (unpaired) electrons. The average Bonchev–Trinajstić information content (AvgIpc) is 2.40. The minimum Gasteiger partial charge on any atom is -0.375 e. The lowest BCUT2D eigenvalue weighted by atomic mass is 10.0. The van der Waals surface area contributed by atoms with E-state index in [1.54, 1.807) is 6.08 Å². The van der Waals surface area contributed by atoms with Crippen molar-refractivity contribution in [2.24, 2.45) is 5.92 Å². The van der Waals surface area contributed by atoms with E-state index in [4.69, 9.17) is 10.00 Å². The quantitative estimate of drug-likeness (QED) is 0.672. The largest absolute Gasteiger partial charge is 0.375 e. The fraction of sp³-hybridized carbons (Fsp3) is 0.769. The number of ether oxygens (including phenoxy) is 1. The van der Waals surface area contributed by atoms with Crippen LogP contribution in [0.4, 0.5) is 0 Å². The molecule has 1 unspecified atom stereocenters. The van der Waals surface area contributed by atoms with Crippen LogP contribution in [0.2, 0.25) is 0 Å². The Labute approximate surface area is 98.7 Å². The second-order valence-electron chi connectivity index (χ2n) is 5.02. The standard InChI is InChI=1S/C13H22N2O/c1-10(2)13-9-16-8-12(5-6-14)7-15(13)11(3)4/h5,10-11,13H,7-9H2,1-4H3/b12-5-. The van der Waals surface area contributed by atoms with Crippen LogP contribution in [-0.4, -0.2) is 36.7 Å². The van der Waals surface area contributed by atoms with E-state index in [0.29, 0.717) is 24.6 Å². The van der Waals surface area contributed by atoms with Gasteiger partial charge in [0.1, 0.15) is 0 Å². The number of nitriles is 1. The summed E-state index contributed by atoms with van der Waals surface area (Å²) < 4.78 is 5.65. The Morgan fingerprint density at radius 2 is 2.12 bits per heavy atom. The van der Waals surface area contributed by atoms with Crippen molar-refractivity contribution in [1.82, 2.24) is 4.90 Å². The van der Waals surface area contributed by atoms with Gasteiger partial charge in [-0.25, -0.2) is 0 Å². The molecule has 0 spiro atoms.